The zero-order chi connectivity index (χ0) is 29.3. The molecule has 1 aliphatic carbocycles. The highest BCUT2D eigenvalue weighted by Crippen LogP contribution is 2.48. The molecule has 14 heteroatoms. The Morgan fingerprint density at radius 2 is 1.98 bits per heavy atom. The summed E-state index contributed by atoms with van der Waals surface area (Å²) in [5.41, 5.74) is 6.63. The molecule has 0 aromatic carbocycles. The van der Waals surface area contributed by atoms with Crippen LogP contribution in [-0.4, -0.2) is 86.6 Å². The van der Waals surface area contributed by atoms with Gasteiger partial charge in [0.25, 0.3) is 0 Å². The molecule has 7 heterocycles. The first-order valence-electron chi connectivity index (χ1n) is 15.3. The molecule has 8 rings (SSSR count). The van der Waals surface area contributed by atoms with Crippen LogP contribution in [0.3, 0.4) is 0 Å². The molecule has 0 radical (unpaired) electrons. The predicted molar refractivity (Wildman–Crippen MR) is 157 cm³/mol. The van der Waals surface area contributed by atoms with Crippen molar-refractivity contribution in [2.45, 2.75) is 87.5 Å². The van der Waals surface area contributed by atoms with Crippen LogP contribution in [0.1, 0.15) is 73.8 Å². The number of nitrogens with zero attached hydrogens (tertiary/aromatic N) is 8. The van der Waals surface area contributed by atoms with Gasteiger partial charge in [0.1, 0.15) is 23.8 Å². The molecule has 5 aliphatic rings. The zero-order valence-corrected chi connectivity index (χ0v) is 25.0. The largest absolute Gasteiger partial charge is 0.461 e. The van der Waals surface area contributed by atoms with E-state index in [4.69, 9.17) is 29.9 Å². The quantitative estimate of drug-likeness (QED) is 0.424. The standard InChI is InChI=1S/C29H35FN10O2S/c1-28(7-2-4-20-21(28)19(11-31)22(32)43-20)25-34-24(38-42-25)23-35-26(39-13-17-5-6-18(14-39)33-17)37-27(36-23)41-15-29-8-3-9-40(29)12-16(30)10-29/h16-18,33H,2-10,12-15,32H2,1H3/t16-,17-,18+,28-,29+/m1/s1. The van der Waals surface area contributed by atoms with Gasteiger partial charge in [0.15, 0.2) is 0 Å². The molecule has 4 aliphatic heterocycles. The van der Waals surface area contributed by atoms with E-state index in [9.17, 15) is 9.65 Å². The Labute approximate surface area is 252 Å². The van der Waals surface area contributed by atoms with E-state index in [1.807, 2.05) is 6.92 Å². The van der Waals surface area contributed by atoms with Crippen LogP contribution in [0, 0.1) is 11.3 Å². The van der Waals surface area contributed by atoms with Gasteiger partial charge >= 0.3 is 6.01 Å². The van der Waals surface area contributed by atoms with Crippen LogP contribution < -0.4 is 20.7 Å². The Kier molecular flexibility index (Phi) is 6.36. The van der Waals surface area contributed by atoms with Crippen molar-refractivity contribution < 1.29 is 13.7 Å². The van der Waals surface area contributed by atoms with Crippen LogP contribution in [0.25, 0.3) is 11.6 Å². The first kappa shape index (κ1) is 27.2. The number of nitriles is 1. The number of aromatic nitrogens is 5. The summed E-state index contributed by atoms with van der Waals surface area (Å²) in [4.78, 5) is 24.5. The number of halogens is 1. The van der Waals surface area contributed by atoms with Gasteiger partial charge in [-0.15, -0.1) is 11.3 Å². The van der Waals surface area contributed by atoms with E-state index in [0.717, 1.165) is 75.0 Å². The number of piperazine rings is 1. The second kappa shape index (κ2) is 10.1. The first-order chi connectivity index (χ1) is 20.8. The van der Waals surface area contributed by atoms with Crippen molar-refractivity contribution >= 4 is 22.3 Å². The topological polar surface area (TPSA) is 155 Å². The smallest absolute Gasteiger partial charge is 0.321 e. The summed E-state index contributed by atoms with van der Waals surface area (Å²) in [5.74, 6) is 1.43. The fourth-order valence-corrected chi connectivity index (χ4v) is 9.30. The van der Waals surface area contributed by atoms with Crippen LogP contribution in [0.5, 0.6) is 6.01 Å². The van der Waals surface area contributed by atoms with Crippen molar-refractivity contribution in [1.82, 2.24) is 35.3 Å². The highest BCUT2D eigenvalue weighted by Gasteiger charge is 2.49. The lowest BCUT2D eigenvalue weighted by Crippen LogP contribution is -2.51. The van der Waals surface area contributed by atoms with Crippen molar-refractivity contribution in [3.63, 3.8) is 0 Å². The minimum absolute atomic E-state index is 0.185. The highest BCUT2D eigenvalue weighted by atomic mass is 32.1. The van der Waals surface area contributed by atoms with Crippen molar-refractivity contribution in [3.8, 4) is 23.7 Å². The average Bonchev–Trinajstić information content (AvgIpc) is 3.81. The number of nitrogens with two attached hydrogens (primary N) is 1. The van der Waals surface area contributed by atoms with E-state index in [2.05, 4.69) is 31.3 Å². The molecular formula is C29H35FN10O2S. The minimum Gasteiger partial charge on any atom is -0.461 e. The van der Waals surface area contributed by atoms with Gasteiger partial charge in [0.2, 0.25) is 23.5 Å². The second-order valence-electron chi connectivity index (χ2n) is 13.0. The van der Waals surface area contributed by atoms with Crippen molar-refractivity contribution in [1.29, 1.82) is 5.26 Å². The molecule has 3 aromatic rings. The summed E-state index contributed by atoms with van der Waals surface area (Å²) in [5, 5.41) is 18.4. The molecular weight excluding hydrogens is 571 g/mol. The fourth-order valence-electron chi connectivity index (χ4n) is 8.11. The third-order valence-electron chi connectivity index (χ3n) is 10.2. The third kappa shape index (κ3) is 4.46. The van der Waals surface area contributed by atoms with Crippen LogP contribution in [-0.2, 0) is 11.8 Å². The number of alkyl halides is 1. The van der Waals surface area contributed by atoms with Crippen LogP contribution in [0.15, 0.2) is 4.52 Å². The van der Waals surface area contributed by atoms with Gasteiger partial charge in [-0.1, -0.05) is 5.16 Å². The van der Waals surface area contributed by atoms with Crippen LogP contribution in [0.2, 0.25) is 0 Å². The lowest BCUT2D eigenvalue weighted by Gasteiger charge is -2.33. The summed E-state index contributed by atoms with van der Waals surface area (Å²) < 4.78 is 26.6. The van der Waals surface area contributed by atoms with Gasteiger partial charge in [0.05, 0.1) is 16.5 Å². The molecule has 3 aromatic heterocycles. The molecule has 5 atom stereocenters. The number of thiophene rings is 1. The van der Waals surface area contributed by atoms with Crippen LogP contribution in [0.4, 0.5) is 15.3 Å². The van der Waals surface area contributed by atoms with Gasteiger partial charge in [-0.2, -0.15) is 25.2 Å². The number of hydrogen-bond donors (Lipinski definition) is 2. The monoisotopic (exact) mass is 606 g/mol. The van der Waals surface area contributed by atoms with Gasteiger partial charge < -0.3 is 25.2 Å². The van der Waals surface area contributed by atoms with Gasteiger partial charge in [-0.3, -0.25) is 4.90 Å². The van der Waals surface area contributed by atoms with E-state index in [-0.39, 0.29) is 23.2 Å². The number of hydrogen-bond acceptors (Lipinski definition) is 13. The SMILES string of the molecule is C[C@@]1(c2nc(-c3nc(OC[C@@]45CCCN4C[C@H](F)C5)nc(N4C[C@H]5CC[C@@H](C4)N5)n3)no2)CCCc2sc(N)c(C#N)c21. The second-order valence-corrected chi connectivity index (χ2v) is 14.1. The number of nitrogens with one attached hydrogen (secondary N) is 1. The third-order valence-corrected chi connectivity index (χ3v) is 11.3. The summed E-state index contributed by atoms with van der Waals surface area (Å²) in [6.45, 7) is 5.26. The lowest BCUT2D eigenvalue weighted by molar-refractivity contribution is 0.107. The number of ether oxygens (including phenoxy) is 1. The van der Waals surface area contributed by atoms with Crippen molar-refractivity contribution in [3.05, 3.63) is 21.9 Å². The molecule has 43 heavy (non-hydrogen) atoms. The molecule has 0 saturated carbocycles. The number of fused-ring (bicyclic) bond motifs is 4. The van der Waals surface area contributed by atoms with Gasteiger partial charge in [-0.05, 0) is 58.4 Å². The Bertz CT molecular complexity index is 1590. The summed E-state index contributed by atoms with van der Waals surface area (Å²) in [7, 11) is 0. The molecule has 226 valence electrons. The Balaban J connectivity index is 1.14. The predicted octanol–water partition coefficient (Wildman–Crippen LogP) is 2.98. The maximum Gasteiger partial charge on any atom is 0.321 e. The molecule has 0 amide bonds. The van der Waals surface area contributed by atoms with E-state index in [0.29, 0.717) is 54.1 Å². The van der Waals surface area contributed by atoms with Crippen LogP contribution >= 0.6 is 11.3 Å². The van der Waals surface area contributed by atoms with E-state index >= 15 is 0 Å². The maximum absolute atomic E-state index is 14.4. The lowest BCUT2D eigenvalue weighted by atomic mass is 9.72. The molecule has 3 N–H and O–H groups in total. The molecule has 0 spiro atoms. The first-order valence-corrected chi connectivity index (χ1v) is 16.1. The van der Waals surface area contributed by atoms with Gasteiger partial charge in [-0.25, -0.2) is 4.39 Å². The maximum atomic E-state index is 14.4. The Morgan fingerprint density at radius 1 is 1.14 bits per heavy atom. The Hall–Kier alpha value is -3.41. The fraction of sp³-hybridized carbons (Fsp3) is 0.655. The number of rotatable bonds is 6. The highest BCUT2D eigenvalue weighted by molar-refractivity contribution is 7.16. The normalized spacial score (nSPS) is 31.7. The number of nitrogen functional groups attached to an aromatic ring is 1. The molecule has 12 nitrogen and oxygen atoms in total. The summed E-state index contributed by atoms with van der Waals surface area (Å²) in [6.07, 6.45) is 6.33. The number of aryl methyl sites for hydroxylation is 1. The minimum atomic E-state index is -0.843. The molecule has 4 saturated heterocycles. The number of anilines is 2. The van der Waals surface area contributed by atoms with Crippen molar-refractivity contribution in [2.75, 3.05) is 43.4 Å². The molecule has 2 bridgehead atoms. The van der Waals surface area contributed by atoms with E-state index in [1.54, 1.807) is 0 Å². The van der Waals surface area contributed by atoms with E-state index < -0.39 is 11.6 Å². The van der Waals surface area contributed by atoms with Gasteiger partial charge in [0, 0.05) is 48.6 Å². The van der Waals surface area contributed by atoms with E-state index in [1.165, 1.54) is 11.3 Å². The molecule has 0 unspecified atom stereocenters. The Morgan fingerprint density at radius 3 is 2.79 bits per heavy atom. The van der Waals surface area contributed by atoms with Crippen molar-refractivity contribution in [2.24, 2.45) is 0 Å². The zero-order valence-electron chi connectivity index (χ0n) is 24.2. The average molecular weight is 607 g/mol. The summed E-state index contributed by atoms with van der Waals surface area (Å²) >= 11 is 1.47. The molecule has 4 fully saturated rings. The summed E-state index contributed by atoms with van der Waals surface area (Å²) in [6, 6.07) is 3.25.